The van der Waals surface area contributed by atoms with Crippen LogP contribution < -0.4 is 0 Å². The third-order valence-electron chi connectivity index (χ3n) is 2.77. The van der Waals surface area contributed by atoms with Gasteiger partial charge in [0.15, 0.2) is 6.10 Å². The highest BCUT2D eigenvalue weighted by Gasteiger charge is 2.28. The number of benzene rings is 1. The first-order chi connectivity index (χ1) is 8.97. The molecule has 1 aromatic rings. The average molecular weight is 265 g/mol. The van der Waals surface area contributed by atoms with Gasteiger partial charge in [-0.2, -0.15) is 0 Å². The molecule has 1 rings (SSSR count). The van der Waals surface area contributed by atoms with Crippen molar-refractivity contribution in [2.45, 2.75) is 26.0 Å². The van der Waals surface area contributed by atoms with Crippen molar-refractivity contribution in [2.24, 2.45) is 0 Å². The molecular formula is C14H19NO4. The highest BCUT2D eigenvalue weighted by atomic mass is 16.5. The van der Waals surface area contributed by atoms with Crippen LogP contribution in [0.3, 0.4) is 0 Å². The number of carbonyl (C=O) groups is 2. The minimum absolute atomic E-state index is 0.204. The number of aliphatic carboxylic acids is 1. The predicted octanol–water partition coefficient (Wildman–Crippen LogP) is 1.70. The van der Waals surface area contributed by atoms with E-state index in [4.69, 9.17) is 9.84 Å². The van der Waals surface area contributed by atoms with Crippen LogP contribution in [0.1, 0.15) is 25.5 Å². The molecule has 19 heavy (non-hydrogen) atoms. The second kappa shape index (κ2) is 6.89. The van der Waals surface area contributed by atoms with Crippen LogP contribution in [0.2, 0.25) is 0 Å². The van der Waals surface area contributed by atoms with Crippen LogP contribution in [-0.4, -0.2) is 41.6 Å². The van der Waals surface area contributed by atoms with Crippen molar-refractivity contribution in [1.29, 1.82) is 0 Å². The molecule has 0 radical (unpaired) electrons. The number of amides is 1. The van der Waals surface area contributed by atoms with Crippen molar-refractivity contribution in [2.75, 3.05) is 13.7 Å². The summed E-state index contributed by atoms with van der Waals surface area (Å²) in [7, 11) is 1.44. The molecule has 0 bridgehead atoms. The van der Waals surface area contributed by atoms with E-state index in [0.29, 0.717) is 5.56 Å². The summed E-state index contributed by atoms with van der Waals surface area (Å²) in [6.07, 6.45) is -0.775. The second-order valence-corrected chi connectivity index (χ2v) is 4.48. The van der Waals surface area contributed by atoms with E-state index < -0.39 is 12.1 Å². The van der Waals surface area contributed by atoms with Gasteiger partial charge in [0.1, 0.15) is 6.54 Å². The summed E-state index contributed by atoms with van der Waals surface area (Å²) in [5.74, 6) is -1.38. The number of carbonyl (C=O) groups excluding carboxylic acids is 1. The monoisotopic (exact) mass is 265 g/mol. The molecule has 1 amide bonds. The maximum absolute atomic E-state index is 12.4. The number of hydrogen-bond acceptors (Lipinski definition) is 3. The SMILES string of the molecule is CO[C@@H](C(=O)N(CC(=O)O)C(C)C)c1ccccc1. The Morgan fingerprint density at radius 3 is 2.26 bits per heavy atom. The van der Waals surface area contributed by atoms with Gasteiger partial charge < -0.3 is 14.7 Å². The summed E-state index contributed by atoms with van der Waals surface area (Å²) in [6.45, 7) is 3.22. The molecule has 0 aliphatic rings. The molecule has 5 heteroatoms. The lowest BCUT2D eigenvalue weighted by molar-refractivity contribution is -0.151. The highest BCUT2D eigenvalue weighted by Crippen LogP contribution is 2.20. The zero-order valence-corrected chi connectivity index (χ0v) is 11.4. The predicted molar refractivity (Wildman–Crippen MR) is 70.7 cm³/mol. The van der Waals surface area contributed by atoms with Gasteiger partial charge in [0, 0.05) is 13.2 Å². The third kappa shape index (κ3) is 4.06. The van der Waals surface area contributed by atoms with Gasteiger partial charge in [-0.25, -0.2) is 0 Å². The molecule has 0 aromatic heterocycles. The Morgan fingerprint density at radius 2 is 1.84 bits per heavy atom. The van der Waals surface area contributed by atoms with Gasteiger partial charge >= 0.3 is 5.97 Å². The van der Waals surface area contributed by atoms with E-state index >= 15 is 0 Å². The first-order valence-electron chi connectivity index (χ1n) is 6.07. The van der Waals surface area contributed by atoms with Crippen molar-refractivity contribution < 1.29 is 19.4 Å². The Labute approximate surface area is 112 Å². The normalized spacial score (nSPS) is 12.2. The van der Waals surface area contributed by atoms with Crippen LogP contribution in [0.25, 0.3) is 0 Å². The number of methoxy groups -OCH3 is 1. The maximum atomic E-state index is 12.4. The summed E-state index contributed by atoms with van der Waals surface area (Å²) in [5, 5.41) is 8.87. The number of rotatable bonds is 6. The molecule has 0 heterocycles. The fraction of sp³-hybridized carbons (Fsp3) is 0.429. The molecule has 0 saturated carbocycles. The Hall–Kier alpha value is -1.88. The van der Waals surface area contributed by atoms with Crippen molar-refractivity contribution in [3.8, 4) is 0 Å². The quantitative estimate of drug-likeness (QED) is 0.850. The van der Waals surface area contributed by atoms with E-state index in [1.165, 1.54) is 12.0 Å². The Kier molecular flexibility index (Phi) is 5.51. The lowest BCUT2D eigenvalue weighted by Gasteiger charge is -2.28. The Morgan fingerprint density at radius 1 is 1.26 bits per heavy atom. The fourth-order valence-electron chi connectivity index (χ4n) is 1.82. The number of nitrogens with zero attached hydrogens (tertiary/aromatic N) is 1. The molecular weight excluding hydrogens is 246 g/mol. The van der Waals surface area contributed by atoms with Gasteiger partial charge in [-0.05, 0) is 19.4 Å². The van der Waals surface area contributed by atoms with Crippen LogP contribution in [0.15, 0.2) is 30.3 Å². The molecule has 1 N–H and O–H groups in total. The van der Waals surface area contributed by atoms with E-state index in [1.807, 2.05) is 18.2 Å². The molecule has 0 fully saturated rings. The second-order valence-electron chi connectivity index (χ2n) is 4.48. The van der Waals surface area contributed by atoms with Crippen LogP contribution >= 0.6 is 0 Å². The zero-order valence-electron chi connectivity index (χ0n) is 11.4. The minimum atomic E-state index is -1.04. The van der Waals surface area contributed by atoms with E-state index in [0.717, 1.165) is 0 Å². The van der Waals surface area contributed by atoms with Crippen molar-refractivity contribution in [1.82, 2.24) is 4.90 Å². The summed E-state index contributed by atoms with van der Waals surface area (Å²) in [4.78, 5) is 24.5. The molecule has 0 aliphatic carbocycles. The third-order valence-corrected chi connectivity index (χ3v) is 2.77. The van der Waals surface area contributed by atoms with Crippen LogP contribution in [-0.2, 0) is 14.3 Å². The summed E-state index contributed by atoms with van der Waals surface area (Å²) >= 11 is 0. The topological polar surface area (TPSA) is 66.8 Å². The zero-order chi connectivity index (χ0) is 14.4. The van der Waals surface area contributed by atoms with Gasteiger partial charge in [0.25, 0.3) is 5.91 Å². The number of carboxylic acid groups (broad SMARTS) is 1. The highest BCUT2D eigenvalue weighted by molar-refractivity contribution is 5.85. The number of carboxylic acids is 1. The van der Waals surface area contributed by atoms with Crippen LogP contribution in [0, 0.1) is 0 Å². The van der Waals surface area contributed by atoms with E-state index in [9.17, 15) is 9.59 Å². The first kappa shape index (κ1) is 15.2. The molecule has 104 valence electrons. The van der Waals surface area contributed by atoms with E-state index in [1.54, 1.807) is 26.0 Å². The lowest BCUT2D eigenvalue weighted by atomic mass is 10.1. The lowest BCUT2D eigenvalue weighted by Crippen LogP contribution is -2.43. The smallest absolute Gasteiger partial charge is 0.323 e. The van der Waals surface area contributed by atoms with E-state index in [2.05, 4.69) is 0 Å². The van der Waals surface area contributed by atoms with Gasteiger partial charge in [-0.15, -0.1) is 0 Å². The van der Waals surface area contributed by atoms with Gasteiger partial charge in [-0.1, -0.05) is 30.3 Å². The van der Waals surface area contributed by atoms with Gasteiger partial charge in [0.05, 0.1) is 0 Å². The largest absolute Gasteiger partial charge is 0.480 e. The fourth-order valence-corrected chi connectivity index (χ4v) is 1.82. The first-order valence-corrected chi connectivity index (χ1v) is 6.07. The minimum Gasteiger partial charge on any atom is -0.480 e. The van der Waals surface area contributed by atoms with Crippen molar-refractivity contribution in [3.63, 3.8) is 0 Å². The molecule has 5 nitrogen and oxygen atoms in total. The molecule has 0 saturated heterocycles. The average Bonchev–Trinajstić information content (AvgIpc) is 2.37. The van der Waals surface area contributed by atoms with E-state index in [-0.39, 0.29) is 18.5 Å². The van der Waals surface area contributed by atoms with Crippen molar-refractivity contribution >= 4 is 11.9 Å². The summed E-state index contributed by atoms with van der Waals surface area (Å²) in [6, 6.07) is 8.83. The molecule has 1 aromatic carbocycles. The van der Waals surface area contributed by atoms with Crippen molar-refractivity contribution in [3.05, 3.63) is 35.9 Å². The number of hydrogen-bond donors (Lipinski definition) is 1. The van der Waals surface area contributed by atoms with Gasteiger partial charge in [0.2, 0.25) is 0 Å². The molecule has 0 spiro atoms. The standard InChI is InChI=1S/C14H19NO4/c1-10(2)15(9-12(16)17)14(18)13(19-3)11-7-5-4-6-8-11/h4-8,10,13H,9H2,1-3H3,(H,16,17)/t13-/m1/s1. The maximum Gasteiger partial charge on any atom is 0.323 e. The Bertz CT molecular complexity index is 430. The summed E-state index contributed by atoms with van der Waals surface area (Å²) in [5.41, 5.74) is 0.714. The molecule has 0 unspecified atom stereocenters. The van der Waals surface area contributed by atoms with Crippen LogP contribution in [0.4, 0.5) is 0 Å². The molecule has 1 atom stereocenters. The summed E-state index contributed by atoms with van der Waals surface area (Å²) < 4.78 is 5.23. The van der Waals surface area contributed by atoms with Crippen LogP contribution in [0.5, 0.6) is 0 Å². The Balaban J connectivity index is 2.96. The number of ether oxygens (including phenoxy) is 1. The van der Waals surface area contributed by atoms with Gasteiger partial charge in [-0.3, -0.25) is 9.59 Å². The molecule has 0 aliphatic heterocycles.